The van der Waals surface area contributed by atoms with Gasteiger partial charge in [0.2, 0.25) is 0 Å². The van der Waals surface area contributed by atoms with Gasteiger partial charge in [-0.3, -0.25) is 4.79 Å². The van der Waals surface area contributed by atoms with Crippen molar-refractivity contribution >= 4 is 45.2 Å². The molecule has 7 heteroatoms. The normalized spacial score (nSPS) is 11.7. The molecule has 0 aliphatic carbocycles. The molecule has 1 unspecified atom stereocenters. The van der Waals surface area contributed by atoms with Crippen molar-refractivity contribution in [2.75, 3.05) is 11.9 Å². The van der Waals surface area contributed by atoms with Gasteiger partial charge in [-0.15, -0.1) is 0 Å². The largest absolute Gasteiger partial charge is 0.481 e. The molecule has 0 bridgehead atoms. The quantitative estimate of drug-likeness (QED) is 0.763. The number of benzene rings is 1. The van der Waals surface area contributed by atoms with Crippen LogP contribution in [0, 0.1) is 5.92 Å². The molecule has 0 aliphatic rings. The summed E-state index contributed by atoms with van der Waals surface area (Å²) in [6, 6.07) is 4.69. The second-order valence-electron chi connectivity index (χ2n) is 4.16. The molecule has 1 atom stereocenters. The first kappa shape index (κ1) is 15.8. The maximum Gasteiger partial charge on any atom is 0.319 e. The maximum atomic E-state index is 11.6. The Morgan fingerprint density at radius 1 is 1.47 bits per heavy atom. The van der Waals surface area contributed by atoms with E-state index >= 15 is 0 Å². The topological polar surface area (TPSA) is 78.4 Å². The van der Waals surface area contributed by atoms with Gasteiger partial charge in [0.15, 0.2) is 0 Å². The van der Waals surface area contributed by atoms with Gasteiger partial charge in [0, 0.05) is 17.4 Å². The van der Waals surface area contributed by atoms with Crippen LogP contribution in [-0.4, -0.2) is 23.7 Å². The number of amides is 2. The van der Waals surface area contributed by atoms with E-state index in [0.29, 0.717) is 10.7 Å². The number of aliphatic carboxylic acids is 1. The molecule has 104 valence electrons. The molecule has 0 saturated heterocycles. The average molecular weight is 350 g/mol. The Hall–Kier alpha value is -1.27. The van der Waals surface area contributed by atoms with Crippen LogP contribution in [0.1, 0.15) is 13.3 Å². The SMILES string of the molecule is CC(CNC(=O)Nc1ccc(Br)cc1Cl)CC(=O)O. The van der Waals surface area contributed by atoms with Crippen molar-refractivity contribution in [2.45, 2.75) is 13.3 Å². The van der Waals surface area contributed by atoms with E-state index in [1.165, 1.54) is 0 Å². The van der Waals surface area contributed by atoms with E-state index in [9.17, 15) is 9.59 Å². The highest BCUT2D eigenvalue weighted by molar-refractivity contribution is 9.10. The highest BCUT2D eigenvalue weighted by Crippen LogP contribution is 2.25. The molecule has 1 aromatic carbocycles. The Morgan fingerprint density at radius 2 is 2.16 bits per heavy atom. The number of urea groups is 1. The fourth-order valence-electron chi connectivity index (χ4n) is 1.39. The molecule has 0 aliphatic heterocycles. The van der Waals surface area contributed by atoms with Gasteiger partial charge in [-0.25, -0.2) is 4.79 Å². The molecule has 5 nitrogen and oxygen atoms in total. The number of nitrogens with one attached hydrogen (secondary N) is 2. The highest BCUT2D eigenvalue weighted by atomic mass is 79.9. The van der Waals surface area contributed by atoms with Crippen LogP contribution in [0.4, 0.5) is 10.5 Å². The second-order valence-corrected chi connectivity index (χ2v) is 5.49. The molecular weight excluding hydrogens is 336 g/mol. The lowest BCUT2D eigenvalue weighted by atomic mass is 10.1. The lowest BCUT2D eigenvalue weighted by Crippen LogP contribution is -2.33. The zero-order valence-corrected chi connectivity index (χ0v) is 12.6. The van der Waals surface area contributed by atoms with Gasteiger partial charge in [-0.05, 0) is 24.1 Å². The molecule has 0 aromatic heterocycles. The van der Waals surface area contributed by atoms with Gasteiger partial charge in [0.1, 0.15) is 0 Å². The van der Waals surface area contributed by atoms with Crippen molar-refractivity contribution in [1.82, 2.24) is 5.32 Å². The monoisotopic (exact) mass is 348 g/mol. The van der Waals surface area contributed by atoms with E-state index in [0.717, 1.165) is 4.47 Å². The number of carbonyl (C=O) groups is 2. The Balaban J connectivity index is 2.45. The summed E-state index contributed by atoms with van der Waals surface area (Å²) in [5.74, 6) is -1.02. The Morgan fingerprint density at radius 3 is 2.74 bits per heavy atom. The molecule has 0 heterocycles. The minimum absolute atomic E-state index is 0.0132. The van der Waals surface area contributed by atoms with Gasteiger partial charge >= 0.3 is 12.0 Å². The van der Waals surface area contributed by atoms with E-state index in [1.54, 1.807) is 25.1 Å². The van der Waals surface area contributed by atoms with Crippen LogP contribution in [0.25, 0.3) is 0 Å². The summed E-state index contributed by atoms with van der Waals surface area (Å²) in [7, 11) is 0. The fourth-order valence-corrected chi connectivity index (χ4v) is 2.12. The van der Waals surface area contributed by atoms with Gasteiger partial charge in [-0.2, -0.15) is 0 Å². The van der Waals surface area contributed by atoms with Gasteiger partial charge in [0.25, 0.3) is 0 Å². The average Bonchev–Trinajstić information content (AvgIpc) is 2.29. The third kappa shape index (κ3) is 5.94. The Kier molecular flexibility index (Phi) is 6.11. The van der Waals surface area contributed by atoms with Crippen molar-refractivity contribution in [3.8, 4) is 0 Å². The van der Waals surface area contributed by atoms with Crippen molar-refractivity contribution in [3.05, 3.63) is 27.7 Å². The standard InChI is InChI=1S/C12H14BrClN2O3/c1-7(4-11(17)18)6-15-12(19)16-10-3-2-8(13)5-9(10)14/h2-3,5,7H,4,6H2,1H3,(H,17,18)(H2,15,16,19). The first-order valence-electron chi connectivity index (χ1n) is 5.60. The minimum atomic E-state index is -0.884. The molecule has 0 fully saturated rings. The highest BCUT2D eigenvalue weighted by Gasteiger charge is 2.10. The number of hydrogen-bond donors (Lipinski definition) is 3. The van der Waals surface area contributed by atoms with Gasteiger partial charge < -0.3 is 15.7 Å². The van der Waals surface area contributed by atoms with Crippen LogP contribution in [0.3, 0.4) is 0 Å². The predicted octanol–water partition coefficient (Wildman–Crippen LogP) is 3.33. The van der Waals surface area contributed by atoms with E-state index in [1.807, 2.05) is 0 Å². The Bertz CT molecular complexity index is 482. The summed E-state index contributed by atoms with van der Waals surface area (Å²) in [6.07, 6.45) is 0.0132. The second kappa shape index (κ2) is 7.35. The van der Waals surface area contributed by atoms with E-state index < -0.39 is 12.0 Å². The fraction of sp³-hybridized carbons (Fsp3) is 0.333. The number of rotatable bonds is 5. The van der Waals surface area contributed by atoms with Crippen molar-refractivity contribution in [3.63, 3.8) is 0 Å². The molecule has 19 heavy (non-hydrogen) atoms. The van der Waals surface area contributed by atoms with Crippen LogP contribution >= 0.6 is 27.5 Å². The van der Waals surface area contributed by atoms with Crippen molar-refractivity contribution in [2.24, 2.45) is 5.92 Å². The minimum Gasteiger partial charge on any atom is -0.481 e. The number of carboxylic acid groups (broad SMARTS) is 1. The van der Waals surface area contributed by atoms with Crippen LogP contribution in [0.15, 0.2) is 22.7 Å². The lowest BCUT2D eigenvalue weighted by Gasteiger charge is -2.12. The number of hydrogen-bond acceptors (Lipinski definition) is 2. The van der Waals surface area contributed by atoms with Crippen molar-refractivity contribution < 1.29 is 14.7 Å². The van der Waals surface area contributed by atoms with Crippen molar-refractivity contribution in [1.29, 1.82) is 0 Å². The first-order chi connectivity index (χ1) is 8.88. The van der Waals surface area contributed by atoms with E-state index in [-0.39, 0.29) is 18.9 Å². The lowest BCUT2D eigenvalue weighted by molar-refractivity contribution is -0.137. The number of halogens is 2. The van der Waals surface area contributed by atoms with Gasteiger partial charge in [0.05, 0.1) is 10.7 Å². The molecule has 1 rings (SSSR count). The molecule has 0 saturated carbocycles. The number of carbonyl (C=O) groups excluding carboxylic acids is 1. The molecule has 2 amide bonds. The summed E-state index contributed by atoms with van der Waals surface area (Å²) in [6.45, 7) is 2.04. The molecule has 3 N–H and O–H groups in total. The first-order valence-corrected chi connectivity index (χ1v) is 6.77. The summed E-state index contributed by atoms with van der Waals surface area (Å²) < 4.78 is 0.818. The van der Waals surface area contributed by atoms with Gasteiger partial charge in [-0.1, -0.05) is 34.5 Å². The third-order valence-electron chi connectivity index (χ3n) is 2.31. The summed E-state index contributed by atoms with van der Waals surface area (Å²) in [4.78, 5) is 22.1. The van der Waals surface area contributed by atoms with Crippen LogP contribution in [-0.2, 0) is 4.79 Å². The van der Waals surface area contributed by atoms with Crippen LogP contribution in [0.5, 0.6) is 0 Å². The molecule has 0 spiro atoms. The summed E-state index contributed by atoms with van der Waals surface area (Å²) >= 11 is 9.22. The van der Waals surface area contributed by atoms with E-state index in [4.69, 9.17) is 16.7 Å². The third-order valence-corrected chi connectivity index (χ3v) is 3.12. The van der Waals surface area contributed by atoms with E-state index in [2.05, 4.69) is 26.6 Å². The number of carboxylic acids is 1. The smallest absolute Gasteiger partial charge is 0.319 e. The molecule has 0 radical (unpaired) electrons. The zero-order chi connectivity index (χ0) is 14.4. The van der Waals surface area contributed by atoms with Crippen LogP contribution in [0.2, 0.25) is 5.02 Å². The summed E-state index contributed by atoms with van der Waals surface area (Å²) in [5.41, 5.74) is 0.494. The number of anilines is 1. The molecule has 1 aromatic rings. The molecular formula is C12H14BrClN2O3. The predicted molar refractivity (Wildman–Crippen MR) is 77.6 cm³/mol. The maximum absolute atomic E-state index is 11.6. The van der Waals surface area contributed by atoms with Crippen LogP contribution < -0.4 is 10.6 Å². The zero-order valence-electron chi connectivity index (χ0n) is 10.2. The Labute approximate surface area is 124 Å². The summed E-state index contributed by atoms with van der Waals surface area (Å²) in [5, 5.41) is 14.2.